The molecule has 0 radical (unpaired) electrons. The average Bonchev–Trinajstić information content (AvgIpc) is 2.72. The molecule has 1 saturated carbocycles. The van der Waals surface area contributed by atoms with Crippen LogP contribution in [-0.2, 0) is 4.79 Å². The molecule has 0 bridgehead atoms. The summed E-state index contributed by atoms with van der Waals surface area (Å²) in [6.45, 7) is 1.43. The van der Waals surface area contributed by atoms with Crippen LogP contribution in [0.2, 0.25) is 0 Å². The normalized spacial score (nSPS) is 15.9. The molecule has 0 aromatic rings. The Kier molecular flexibility index (Phi) is 3.13. The zero-order valence-electron chi connectivity index (χ0n) is 6.60. The molecule has 0 amide bonds. The zero-order valence-corrected chi connectivity index (χ0v) is 6.60. The molecule has 0 unspecified atom stereocenters. The highest BCUT2D eigenvalue weighted by atomic mass is 16.1. The highest BCUT2D eigenvalue weighted by Crippen LogP contribution is 2.27. The van der Waals surface area contributed by atoms with Crippen LogP contribution in [0.1, 0.15) is 19.3 Å². The van der Waals surface area contributed by atoms with Crippen LogP contribution in [0.25, 0.3) is 0 Å². The molecule has 0 atom stereocenters. The van der Waals surface area contributed by atoms with E-state index in [1.807, 2.05) is 0 Å². The van der Waals surface area contributed by atoms with Gasteiger partial charge in [0.1, 0.15) is 0 Å². The van der Waals surface area contributed by atoms with Crippen LogP contribution in [0.5, 0.6) is 0 Å². The van der Waals surface area contributed by atoms with Crippen LogP contribution in [-0.4, -0.2) is 18.9 Å². The zero-order chi connectivity index (χ0) is 8.10. The third-order valence-corrected chi connectivity index (χ3v) is 1.75. The van der Waals surface area contributed by atoms with E-state index in [9.17, 15) is 4.79 Å². The molecule has 11 heavy (non-hydrogen) atoms. The molecule has 0 aromatic carbocycles. The summed E-state index contributed by atoms with van der Waals surface area (Å²) in [5.41, 5.74) is 0. The average molecular weight is 151 g/mol. The van der Waals surface area contributed by atoms with Gasteiger partial charge in [0, 0.05) is 0 Å². The summed E-state index contributed by atoms with van der Waals surface area (Å²) >= 11 is 0. The van der Waals surface area contributed by atoms with Crippen molar-refractivity contribution in [1.82, 2.24) is 5.32 Å². The van der Waals surface area contributed by atoms with Crippen molar-refractivity contribution in [2.24, 2.45) is 5.92 Å². The van der Waals surface area contributed by atoms with Gasteiger partial charge in [0.15, 0.2) is 5.78 Å². The van der Waals surface area contributed by atoms with Gasteiger partial charge < -0.3 is 5.32 Å². The molecule has 1 aliphatic carbocycles. The fraction of sp³-hybridized carbons (Fsp3) is 0.667. The Morgan fingerprint density at radius 2 is 2.36 bits per heavy atom. The minimum absolute atomic E-state index is 0.119. The van der Waals surface area contributed by atoms with Gasteiger partial charge >= 0.3 is 0 Å². The van der Waals surface area contributed by atoms with E-state index in [2.05, 4.69) is 11.2 Å². The second kappa shape index (κ2) is 4.15. The maximum atomic E-state index is 10.8. The Hall–Kier alpha value is -0.810. The number of Topliss-reactive ketones (excluding diaryl/α,β-unsaturated/α-hetero) is 1. The van der Waals surface area contributed by atoms with E-state index in [4.69, 9.17) is 6.42 Å². The highest BCUT2D eigenvalue weighted by molar-refractivity contribution is 5.82. The van der Waals surface area contributed by atoms with Crippen LogP contribution in [0, 0.1) is 18.3 Å². The number of terminal acetylenes is 1. The van der Waals surface area contributed by atoms with Gasteiger partial charge in [-0.15, -0.1) is 6.42 Å². The van der Waals surface area contributed by atoms with Crippen LogP contribution in [0.4, 0.5) is 0 Å². The lowest BCUT2D eigenvalue weighted by atomic mass is 10.3. The molecule has 0 spiro atoms. The SMILES string of the molecule is C#CCC(=O)CNCC1CC1. The molecule has 1 aliphatic rings. The Morgan fingerprint density at radius 1 is 1.64 bits per heavy atom. The van der Waals surface area contributed by atoms with Gasteiger partial charge in [-0.3, -0.25) is 4.79 Å². The van der Waals surface area contributed by atoms with Crippen LogP contribution < -0.4 is 5.32 Å². The van der Waals surface area contributed by atoms with Gasteiger partial charge in [0.25, 0.3) is 0 Å². The number of hydrogen-bond donors (Lipinski definition) is 1. The summed E-state index contributed by atoms with van der Waals surface area (Å²) in [5.74, 6) is 3.28. The summed E-state index contributed by atoms with van der Waals surface area (Å²) in [7, 11) is 0. The predicted octanol–water partition coefficient (Wildman–Crippen LogP) is 0.578. The van der Waals surface area contributed by atoms with Gasteiger partial charge in [-0.25, -0.2) is 0 Å². The molecule has 60 valence electrons. The third kappa shape index (κ3) is 3.79. The van der Waals surface area contributed by atoms with Crippen molar-refractivity contribution in [3.8, 4) is 12.3 Å². The molecule has 2 nitrogen and oxygen atoms in total. The van der Waals surface area contributed by atoms with Crippen molar-refractivity contribution in [2.75, 3.05) is 13.1 Å². The fourth-order valence-electron chi connectivity index (χ4n) is 0.914. The van der Waals surface area contributed by atoms with Crippen molar-refractivity contribution in [3.05, 3.63) is 0 Å². The van der Waals surface area contributed by atoms with Gasteiger partial charge in [-0.1, -0.05) is 5.92 Å². The van der Waals surface area contributed by atoms with Crippen molar-refractivity contribution in [1.29, 1.82) is 0 Å². The van der Waals surface area contributed by atoms with E-state index in [-0.39, 0.29) is 12.2 Å². The predicted molar refractivity (Wildman–Crippen MR) is 44.1 cm³/mol. The lowest BCUT2D eigenvalue weighted by molar-refractivity contribution is -0.117. The number of hydrogen-bond acceptors (Lipinski definition) is 2. The first-order valence-corrected chi connectivity index (χ1v) is 3.99. The molecule has 2 heteroatoms. The molecule has 1 fully saturated rings. The lowest BCUT2D eigenvalue weighted by Crippen LogP contribution is -2.24. The Bertz CT molecular complexity index is 176. The molecular weight excluding hydrogens is 138 g/mol. The molecule has 0 saturated heterocycles. The van der Waals surface area contributed by atoms with E-state index in [1.54, 1.807) is 0 Å². The number of nitrogens with one attached hydrogen (secondary N) is 1. The molecule has 0 aromatic heterocycles. The fourth-order valence-corrected chi connectivity index (χ4v) is 0.914. The van der Waals surface area contributed by atoms with Crippen LogP contribution in [0.3, 0.4) is 0 Å². The largest absolute Gasteiger partial charge is 0.310 e. The van der Waals surface area contributed by atoms with Gasteiger partial charge in [-0.2, -0.15) is 0 Å². The van der Waals surface area contributed by atoms with E-state index in [0.717, 1.165) is 12.5 Å². The first-order valence-electron chi connectivity index (χ1n) is 3.99. The summed E-state index contributed by atoms with van der Waals surface area (Å²) in [6.07, 6.45) is 7.87. The van der Waals surface area contributed by atoms with E-state index < -0.39 is 0 Å². The number of ketones is 1. The number of carbonyl (C=O) groups is 1. The Morgan fingerprint density at radius 3 is 2.91 bits per heavy atom. The van der Waals surface area contributed by atoms with Gasteiger partial charge in [-0.05, 0) is 25.3 Å². The van der Waals surface area contributed by atoms with Gasteiger partial charge in [0.05, 0.1) is 13.0 Å². The number of rotatable bonds is 5. The molecule has 1 rings (SSSR count). The first kappa shape index (κ1) is 8.29. The highest BCUT2D eigenvalue weighted by Gasteiger charge is 2.20. The Labute approximate surface area is 67.4 Å². The smallest absolute Gasteiger partial charge is 0.158 e. The standard InChI is InChI=1S/C9H13NO/c1-2-3-9(11)7-10-6-8-4-5-8/h1,8,10H,3-7H2. The second-order valence-electron chi connectivity index (χ2n) is 2.99. The maximum Gasteiger partial charge on any atom is 0.158 e. The molecular formula is C9H13NO. The minimum Gasteiger partial charge on any atom is -0.310 e. The van der Waals surface area contributed by atoms with Crippen LogP contribution in [0.15, 0.2) is 0 Å². The summed E-state index contributed by atoms with van der Waals surface area (Å²) < 4.78 is 0. The van der Waals surface area contributed by atoms with Crippen molar-refractivity contribution in [3.63, 3.8) is 0 Å². The monoisotopic (exact) mass is 151 g/mol. The maximum absolute atomic E-state index is 10.8. The quantitative estimate of drug-likeness (QED) is 0.582. The molecule has 0 aliphatic heterocycles. The number of carbonyl (C=O) groups excluding carboxylic acids is 1. The Balaban J connectivity index is 1.93. The van der Waals surface area contributed by atoms with E-state index in [0.29, 0.717) is 6.54 Å². The van der Waals surface area contributed by atoms with E-state index >= 15 is 0 Å². The summed E-state index contributed by atoms with van der Waals surface area (Å²) in [4.78, 5) is 10.8. The van der Waals surface area contributed by atoms with E-state index in [1.165, 1.54) is 12.8 Å². The third-order valence-electron chi connectivity index (χ3n) is 1.75. The summed E-state index contributed by atoms with van der Waals surface area (Å²) in [6, 6.07) is 0. The topological polar surface area (TPSA) is 29.1 Å². The van der Waals surface area contributed by atoms with Crippen molar-refractivity contribution >= 4 is 5.78 Å². The summed E-state index contributed by atoms with van der Waals surface area (Å²) in [5, 5.41) is 3.09. The minimum atomic E-state index is 0.119. The lowest BCUT2D eigenvalue weighted by Gasteiger charge is -1.99. The van der Waals surface area contributed by atoms with Crippen LogP contribution >= 0.6 is 0 Å². The van der Waals surface area contributed by atoms with Crippen molar-refractivity contribution < 1.29 is 4.79 Å². The first-order chi connectivity index (χ1) is 5.33. The molecule has 1 N–H and O–H groups in total. The molecule has 0 heterocycles. The second-order valence-corrected chi connectivity index (χ2v) is 2.99. The van der Waals surface area contributed by atoms with Gasteiger partial charge in [0.2, 0.25) is 0 Å². The van der Waals surface area contributed by atoms with Crippen molar-refractivity contribution in [2.45, 2.75) is 19.3 Å².